The highest BCUT2D eigenvalue weighted by Crippen LogP contribution is 2.24. The first-order valence-corrected chi connectivity index (χ1v) is 6.98. The standard InChI is InChI=1S/C15H16F3N3O/c16-15(17,18)10-21-7-3-5-12(9-21)14(22)20-13-6-2-1-4-11(13)8-19/h1-2,4,6,12H,3,5,7,9-10H2,(H,20,22)/t12-/m1/s1. The van der Waals surface area contributed by atoms with E-state index in [-0.39, 0.29) is 12.5 Å². The summed E-state index contributed by atoms with van der Waals surface area (Å²) in [6, 6.07) is 8.52. The zero-order valence-electron chi connectivity index (χ0n) is 11.9. The van der Waals surface area contributed by atoms with Crippen molar-refractivity contribution in [3.05, 3.63) is 29.8 Å². The number of alkyl halides is 3. The molecular weight excluding hydrogens is 295 g/mol. The van der Waals surface area contributed by atoms with Crippen molar-refractivity contribution in [1.82, 2.24) is 4.90 Å². The first-order chi connectivity index (χ1) is 10.4. The molecular formula is C15H16F3N3O. The number of carbonyl (C=O) groups is 1. The Hall–Kier alpha value is -2.07. The third-order valence-electron chi connectivity index (χ3n) is 3.58. The van der Waals surface area contributed by atoms with Crippen molar-refractivity contribution in [2.45, 2.75) is 19.0 Å². The number of hydrogen-bond donors (Lipinski definition) is 1. The van der Waals surface area contributed by atoms with Crippen LogP contribution in [0.5, 0.6) is 0 Å². The fraction of sp³-hybridized carbons (Fsp3) is 0.467. The van der Waals surface area contributed by atoms with Crippen LogP contribution in [0.15, 0.2) is 24.3 Å². The van der Waals surface area contributed by atoms with Gasteiger partial charge in [0.25, 0.3) is 0 Å². The van der Waals surface area contributed by atoms with E-state index in [1.165, 1.54) is 4.90 Å². The van der Waals surface area contributed by atoms with Crippen LogP contribution in [0.2, 0.25) is 0 Å². The Morgan fingerprint density at radius 2 is 2.14 bits per heavy atom. The Morgan fingerprint density at radius 3 is 2.82 bits per heavy atom. The molecule has 0 unspecified atom stereocenters. The Kier molecular flexibility index (Phi) is 5.03. The van der Waals surface area contributed by atoms with Gasteiger partial charge in [-0.1, -0.05) is 12.1 Å². The number of likely N-dealkylation sites (tertiary alicyclic amines) is 1. The fourth-order valence-corrected chi connectivity index (χ4v) is 2.59. The molecule has 2 rings (SSSR count). The van der Waals surface area contributed by atoms with Gasteiger partial charge in [0.1, 0.15) is 6.07 Å². The van der Waals surface area contributed by atoms with Crippen molar-refractivity contribution in [3.63, 3.8) is 0 Å². The third kappa shape index (κ3) is 4.46. The predicted molar refractivity (Wildman–Crippen MR) is 75.0 cm³/mol. The average Bonchev–Trinajstić information content (AvgIpc) is 2.46. The summed E-state index contributed by atoms with van der Waals surface area (Å²) in [5, 5.41) is 11.6. The van der Waals surface area contributed by atoms with E-state index >= 15 is 0 Å². The van der Waals surface area contributed by atoms with Crippen molar-refractivity contribution in [2.24, 2.45) is 5.92 Å². The lowest BCUT2D eigenvalue weighted by molar-refractivity contribution is -0.151. The summed E-state index contributed by atoms with van der Waals surface area (Å²) in [5.41, 5.74) is 0.724. The van der Waals surface area contributed by atoms with Crippen LogP contribution < -0.4 is 5.32 Å². The van der Waals surface area contributed by atoms with Gasteiger partial charge < -0.3 is 5.32 Å². The molecule has 4 nitrogen and oxygen atoms in total. The number of hydrogen-bond acceptors (Lipinski definition) is 3. The second-order valence-corrected chi connectivity index (χ2v) is 5.34. The number of piperidine rings is 1. The van der Waals surface area contributed by atoms with Gasteiger partial charge in [0.05, 0.1) is 23.7 Å². The van der Waals surface area contributed by atoms with Crippen molar-refractivity contribution >= 4 is 11.6 Å². The number of para-hydroxylation sites is 1. The third-order valence-corrected chi connectivity index (χ3v) is 3.58. The first-order valence-electron chi connectivity index (χ1n) is 6.98. The van der Waals surface area contributed by atoms with Crippen molar-refractivity contribution in [2.75, 3.05) is 25.0 Å². The van der Waals surface area contributed by atoms with Gasteiger partial charge in [-0.3, -0.25) is 9.69 Å². The molecule has 1 heterocycles. The van der Waals surface area contributed by atoms with Crippen LogP contribution in [0.4, 0.5) is 18.9 Å². The minimum atomic E-state index is -4.26. The van der Waals surface area contributed by atoms with E-state index in [4.69, 9.17) is 5.26 Å². The highest BCUT2D eigenvalue weighted by molar-refractivity contribution is 5.94. The molecule has 1 fully saturated rings. The molecule has 0 saturated carbocycles. The molecule has 0 bridgehead atoms. The van der Waals surface area contributed by atoms with Crippen LogP contribution in [-0.4, -0.2) is 36.6 Å². The number of nitrogens with zero attached hydrogens (tertiary/aromatic N) is 2. The Morgan fingerprint density at radius 1 is 1.41 bits per heavy atom. The Bertz CT molecular complexity index is 580. The van der Waals surface area contributed by atoms with Gasteiger partial charge in [-0.15, -0.1) is 0 Å². The summed E-state index contributed by atoms with van der Waals surface area (Å²) >= 11 is 0. The highest BCUT2D eigenvalue weighted by atomic mass is 19.4. The number of amides is 1. The van der Waals surface area contributed by atoms with Crippen molar-refractivity contribution in [3.8, 4) is 6.07 Å². The number of benzene rings is 1. The van der Waals surface area contributed by atoms with E-state index in [0.717, 1.165) is 0 Å². The lowest BCUT2D eigenvalue weighted by Crippen LogP contribution is -2.44. The van der Waals surface area contributed by atoms with E-state index in [9.17, 15) is 18.0 Å². The average molecular weight is 311 g/mol. The van der Waals surface area contributed by atoms with Gasteiger partial charge in [0.2, 0.25) is 5.91 Å². The second-order valence-electron chi connectivity index (χ2n) is 5.34. The molecule has 1 amide bonds. The number of rotatable bonds is 3. The minimum absolute atomic E-state index is 0.0834. The number of nitriles is 1. The van der Waals surface area contributed by atoms with E-state index in [1.807, 2.05) is 6.07 Å². The van der Waals surface area contributed by atoms with Gasteiger partial charge in [-0.05, 0) is 31.5 Å². The van der Waals surface area contributed by atoms with Crippen molar-refractivity contribution in [1.29, 1.82) is 5.26 Å². The summed E-state index contributed by atoms with van der Waals surface area (Å²) < 4.78 is 37.3. The number of nitrogens with one attached hydrogen (secondary N) is 1. The molecule has 0 aliphatic carbocycles. The maximum Gasteiger partial charge on any atom is 0.401 e. The molecule has 22 heavy (non-hydrogen) atoms. The molecule has 1 atom stereocenters. The normalized spacial score (nSPS) is 19.5. The quantitative estimate of drug-likeness (QED) is 0.934. The van der Waals surface area contributed by atoms with Gasteiger partial charge >= 0.3 is 6.18 Å². The molecule has 1 saturated heterocycles. The van der Waals surface area contributed by atoms with Crippen LogP contribution >= 0.6 is 0 Å². The molecule has 1 N–H and O–H groups in total. The zero-order valence-corrected chi connectivity index (χ0v) is 11.9. The zero-order chi connectivity index (χ0) is 16.2. The minimum Gasteiger partial charge on any atom is -0.325 e. The highest BCUT2D eigenvalue weighted by Gasteiger charge is 2.34. The van der Waals surface area contributed by atoms with Gasteiger partial charge in [-0.2, -0.15) is 18.4 Å². The molecule has 0 spiro atoms. The fourth-order valence-electron chi connectivity index (χ4n) is 2.59. The van der Waals surface area contributed by atoms with E-state index in [0.29, 0.717) is 30.6 Å². The smallest absolute Gasteiger partial charge is 0.325 e. The van der Waals surface area contributed by atoms with E-state index in [1.54, 1.807) is 24.3 Å². The molecule has 0 radical (unpaired) electrons. The second kappa shape index (κ2) is 6.79. The number of carbonyl (C=O) groups excluding carboxylic acids is 1. The van der Waals surface area contributed by atoms with Crippen LogP contribution in [0.3, 0.4) is 0 Å². The summed E-state index contributed by atoms with van der Waals surface area (Å²) in [5.74, 6) is -0.836. The van der Waals surface area contributed by atoms with Crippen LogP contribution in [-0.2, 0) is 4.79 Å². The van der Waals surface area contributed by atoms with Gasteiger partial charge in [-0.25, -0.2) is 0 Å². The maximum atomic E-state index is 12.4. The van der Waals surface area contributed by atoms with Crippen LogP contribution in [0.25, 0.3) is 0 Å². The molecule has 118 valence electrons. The Balaban J connectivity index is 1.99. The molecule has 1 aliphatic heterocycles. The van der Waals surface area contributed by atoms with Crippen molar-refractivity contribution < 1.29 is 18.0 Å². The largest absolute Gasteiger partial charge is 0.401 e. The monoisotopic (exact) mass is 311 g/mol. The lowest BCUT2D eigenvalue weighted by atomic mass is 9.97. The summed E-state index contributed by atoms with van der Waals surface area (Å²) in [4.78, 5) is 13.5. The summed E-state index contributed by atoms with van der Waals surface area (Å²) in [7, 11) is 0. The first kappa shape index (κ1) is 16.3. The predicted octanol–water partition coefficient (Wildman–Crippen LogP) is 2.77. The molecule has 1 aromatic carbocycles. The number of halogens is 3. The van der Waals surface area contributed by atoms with Crippen LogP contribution in [0, 0.1) is 17.2 Å². The van der Waals surface area contributed by atoms with E-state index < -0.39 is 18.6 Å². The SMILES string of the molecule is N#Cc1ccccc1NC(=O)[C@@H]1CCCN(CC(F)(F)F)C1. The maximum absolute atomic E-state index is 12.4. The molecule has 0 aromatic heterocycles. The topological polar surface area (TPSA) is 56.1 Å². The molecule has 1 aliphatic rings. The summed E-state index contributed by atoms with van der Waals surface area (Å²) in [6.07, 6.45) is -3.16. The summed E-state index contributed by atoms with van der Waals surface area (Å²) in [6.45, 7) is -0.566. The Labute approximate surface area is 126 Å². The number of anilines is 1. The van der Waals surface area contributed by atoms with Gasteiger partial charge in [0.15, 0.2) is 0 Å². The molecule has 1 aromatic rings. The van der Waals surface area contributed by atoms with Crippen LogP contribution in [0.1, 0.15) is 18.4 Å². The lowest BCUT2D eigenvalue weighted by Gasteiger charge is -2.32. The molecule has 7 heteroatoms. The van der Waals surface area contributed by atoms with Gasteiger partial charge in [0, 0.05) is 6.54 Å². The van der Waals surface area contributed by atoms with E-state index in [2.05, 4.69) is 5.32 Å².